The summed E-state index contributed by atoms with van der Waals surface area (Å²) in [6.07, 6.45) is 2.76. The summed E-state index contributed by atoms with van der Waals surface area (Å²) >= 11 is 0. The van der Waals surface area contributed by atoms with Gasteiger partial charge in [0.25, 0.3) is 0 Å². The van der Waals surface area contributed by atoms with Crippen LogP contribution in [0.5, 0.6) is 0 Å². The van der Waals surface area contributed by atoms with Crippen LogP contribution in [0.25, 0.3) is 0 Å². The Bertz CT molecular complexity index is 387. The molecular weight excluding hydrogens is 246 g/mol. The van der Waals surface area contributed by atoms with E-state index in [1.165, 1.54) is 12.8 Å². The van der Waals surface area contributed by atoms with E-state index < -0.39 is 0 Å². The molecular formula is C14H21NO4. The van der Waals surface area contributed by atoms with Crippen LogP contribution in [0.15, 0.2) is 0 Å². The average Bonchev–Trinajstić information content (AvgIpc) is 3.08. The van der Waals surface area contributed by atoms with Crippen molar-refractivity contribution in [2.75, 3.05) is 32.9 Å². The highest BCUT2D eigenvalue weighted by Gasteiger charge is 2.40. The molecule has 3 aliphatic rings. The van der Waals surface area contributed by atoms with Crippen molar-refractivity contribution in [2.45, 2.75) is 26.2 Å². The SMILES string of the molecule is CC1(COC(=O)C2CC(=O)N(CC3CC3)C2)COC1. The third-order valence-electron chi connectivity index (χ3n) is 4.19. The van der Waals surface area contributed by atoms with Crippen molar-refractivity contribution in [2.24, 2.45) is 17.3 Å². The molecule has 1 saturated carbocycles. The molecule has 0 spiro atoms. The maximum atomic E-state index is 12.0. The number of hydrogen-bond donors (Lipinski definition) is 0. The van der Waals surface area contributed by atoms with E-state index in [4.69, 9.17) is 9.47 Å². The molecule has 2 saturated heterocycles. The Balaban J connectivity index is 1.46. The van der Waals surface area contributed by atoms with Crippen molar-refractivity contribution in [1.82, 2.24) is 4.90 Å². The lowest BCUT2D eigenvalue weighted by molar-refractivity contribution is -0.168. The van der Waals surface area contributed by atoms with Gasteiger partial charge in [-0.05, 0) is 18.8 Å². The fourth-order valence-electron chi connectivity index (χ4n) is 2.62. The molecule has 1 atom stereocenters. The smallest absolute Gasteiger partial charge is 0.311 e. The Morgan fingerprint density at radius 3 is 2.79 bits per heavy atom. The van der Waals surface area contributed by atoms with Gasteiger partial charge in [-0.25, -0.2) is 0 Å². The molecule has 0 N–H and O–H groups in total. The Labute approximate surface area is 113 Å². The molecule has 3 rings (SSSR count). The molecule has 0 aromatic carbocycles. The van der Waals surface area contributed by atoms with Crippen LogP contribution in [0.4, 0.5) is 0 Å². The third-order valence-corrected chi connectivity index (χ3v) is 4.19. The van der Waals surface area contributed by atoms with Gasteiger partial charge in [0, 0.05) is 24.9 Å². The first kappa shape index (κ1) is 12.9. The molecule has 1 unspecified atom stereocenters. The molecule has 2 aliphatic heterocycles. The van der Waals surface area contributed by atoms with E-state index >= 15 is 0 Å². The highest BCUT2D eigenvalue weighted by molar-refractivity contribution is 5.86. The molecule has 2 heterocycles. The second kappa shape index (κ2) is 4.78. The first-order valence-electron chi connectivity index (χ1n) is 7.08. The predicted molar refractivity (Wildman–Crippen MR) is 67.3 cm³/mol. The number of carbonyl (C=O) groups is 2. The summed E-state index contributed by atoms with van der Waals surface area (Å²) in [5.41, 5.74) is -0.0219. The standard InChI is InChI=1S/C14H21NO4/c1-14(7-18-8-14)9-19-13(17)11-4-12(16)15(6-11)5-10-2-3-10/h10-11H,2-9H2,1H3. The lowest BCUT2D eigenvalue weighted by atomic mass is 9.90. The highest BCUT2D eigenvalue weighted by Crippen LogP contribution is 2.32. The first-order chi connectivity index (χ1) is 9.06. The normalized spacial score (nSPS) is 29.2. The maximum absolute atomic E-state index is 12.0. The Hall–Kier alpha value is -1.10. The predicted octanol–water partition coefficient (Wildman–Crippen LogP) is 0.825. The summed E-state index contributed by atoms with van der Waals surface area (Å²) in [4.78, 5) is 25.6. The molecule has 3 fully saturated rings. The molecule has 0 radical (unpaired) electrons. The fraction of sp³-hybridized carbons (Fsp3) is 0.857. The van der Waals surface area contributed by atoms with Crippen LogP contribution < -0.4 is 0 Å². The Morgan fingerprint density at radius 2 is 2.21 bits per heavy atom. The molecule has 1 amide bonds. The molecule has 19 heavy (non-hydrogen) atoms. The summed E-state index contributed by atoms with van der Waals surface area (Å²) < 4.78 is 10.5. The van der Waals surface area contributed by atoms with Crippen LogP contribution in [0, 0.1) is 17.3 Å². The van der Waals surface area contributed by atoms with Crippen molar-refractivity contribution in [3.63, 3.8) is 0 Å². The number of carbonyl (C=O) groups excluding carboxylic acids is 2. The van der Waals surface area contributed by atoms with Crippen molar-refractivity contribution >= 4 is 11.9 Å². The molecule has 106 valence electrons. The van der Waals surface area contributed by atoms with E-state index in [-0.39, 0.29) is 23.2 Å². The van der Waals surface area contributed by atoms with E-state index in [0.29, 0.717) is 38.7 Å². The molecule has 5 heteroatoms. The molecule has 1 aliphatic carbocycles. The van der Waals surface area contributed by atoms with Gasteiger partial charge in [-0.15, -0.1) is 0 Å². The summed E-state index contributed by atoms with van der Waals surface area (Å²) in [7, 11) is 0. The Kier molecular flexibility index (Phi) is 3.25. The molecule has 0 bridgehead atoms. The number of esters is 1. The van der Waals surface area contributed by atoms with Crippen LogP contribution >= 0.6 is 0 Å². The number of likely N-dealkylation sites (tertiary alicyclic amines) is 1. The molecule has 0 aromatic rings. The van der Waals surface area contributed by atoms with Gasteiger partial charge < -0.3 is 14.4 Å². The lowest BCUT2D eigenvalue weighted by Crippen LogP contribution is -2.44. The van der Waals surface area contributed by atoms with Gasteiger partial charge in [-0.3, -0.25) is 9.59 Å². The van der Waals surface area contributed by atoms with Gasteiger partial charge in [0.2, 0.25) is 5.91 Å². The maximum Gasteiger partial charge on any atom is 0.311 e. The van der Waals surface area contributed by atoms with Crippen molar-refractivity contribution in [3.8, 4) is 0 Å². The summed E-state index contributed by atoms with van der Waals surface area (Å²) in [5, 5.41) is 0. The average molecular weight is 267 g/mol. The van der Waals surface area contributed by atoms with Crippen LogP contribution in [-0.4, -0.2) is 49.7 Å². The topological polar surface area (TPSA) is 55.8 Å². The minimum absolute atomic E-state index is 0.0219. The van der Waals surface area contributed by atoms with Crippen LogP contribution in [0.1, 0.15) is 26.2 Å². The minimum Gasteiger partial charge on any atom is -0.465 e. The number of ether oxygens (including phenoxy) is 2. The largest absolute Gasteiger partial charge is 0.465 e. The quantitative estimate of drug-likeness (QED) is 0.692. The Morgan fingerprint density at radius 1 is 1.47 bits per heavy atom. The van der Waals surface area contributed by atoms with E-state index in [0.717, 1.165) is 6.54 Å². The number of rotatable bonds is 5. The van der Waals surface area contributed by atoms with Crippen molar-refractivity contribution in [3.05, 3.63) is 0 Å². The summed E-state index contributed by atoms with van der Waals surface area (Å²) in [6.45, 7) is 5.12. The van der Waals surface area contributed by atoms with E-state index in [1.54, 1.807) is 0 Å². The zero-order chi connectivity index (χ0) is 13.5. The highest BCUT2D eigenvalue weighted by atomic mass is 16.5. The summed E-state index contributed by atoms with van der Waals surface area (Å²) in [5.74, 6) is 0.285. The summed E-state index contributed by atoms with van der Waals surface area (Å²) in [6, 6.07) is 0. The zero-order valence-corrected chi connectivity index (χ0v) is 11.4. The van der Waals surface area contributed by atoms with Crippen molar-refractivity contribution in [1.29, 1.82) is 0 Å². The van der Waals surface area contributed by atoms with Gasteiger partial charge in [-0.2, -0.15) is 0 Å². The third kappa shape index (κ3) is 2.91. The van der Waals surface area contributed by atoms with Gasteiger partial charge in [0.05, 0.1) is 19.1 Å². The fourth-order valence-corrected chi connectivity index (χ4v) is 2.62. The van der Waals surface area contributed by atoms with Gasteiger partial charge in [0.15, 0.2) is 0 Å². The van der Waals surface area contributed by atoms with E-state index in [2.05, 4.69) is 0 Å². The molecule has 5 nitrogen and oxygen atoms in total. The number of nitrogens with zero attached hydrogens (tertiary/aromatic N) is 1. The van der Waals surface area contributed by atoms with Crippen LogP contribution in [0.2, 0.25) is 0 Å². The van der Waals surface area contributed by atoms with Crippen molar-refractivity contribution < 1.29 is 19.1 Å². The van der Waals surface area contributed by atoms with Gasteiger partial charge in [0.1, 0.15) is 6.61 Å². The van der Waals surface area contributed by atoms with Gasteiger partial charge >= 0.3 is 5.97 Å². The second-order valence-corrected chi connectivity index (χ2v) is 6.55. The monoisotopic (exact) mass is 267 g/mol. The lowest BCUT2D eigenvalue weighted by Gasteiger charge is -2.37. The number of hydrogen-bond acceptors (Lipinski definition) is 4. The van der Waals surface area contributed by atoms with E-state index in [1.807, 2.05) is 11.8 Å². The first-order valence-corrected chi connectivity index (χ1v) is 7.08. The molecule has 0 aromatic heterocycles. The van der Waals surface area contributed by atoms with Gasteiger partial charge in [-0.1, -0.05) is 6.92 Å². The zero-order valence-electron chi connectivity index (χ0n) is 11.4. The minimum atomic E-state index is -0.268. The van der Waals surface area contributed by atoms with Crippen LogP contribution in [-0.2, 0) is 19.1 Å². The number of amides is 1. The second-order valence-electron chi connectivity index (χ2n) is 6.55. The van der Waals surface area contributed by atoms with E-state index in [9.17, 15) is 9.59 Å². The van der Waals surface area contributed by atoms with Crippen LogP contribution in [0.3, 0.4) is 0 Å².